The summed E-state index contributed by atoms with van der Waals surface area (Å²) in [4.78, 5) is 0. The third-order valence-electron chi connectivity index (χ3n) is 2.28. The first-order valence-electron chi connectivity index (χ1n) is 4.84. The van der Waals surface area contributed by atoms with Gasteiger partial charge in [0.25, 0.3) is 0 Å². The van der Waals surface area contributed by atoms with Crippen LogP contribution >= 0.6 is 0 Å². The Hall–Kier alpha value is -0.340. The van der Waals surface area contributed by atoms with E-state index in [1.165, 1.54) is 12.8 Å². The van der Waals surface area contributed by atoms with E-state index in [-0.39, 0.29) is 6.10 Å². The number of unbranched alkanes of at least 4 members (excludes halogenated alkanes) is 1. The van der Waals surface area contributed by atoms with Gasteiger partial charge in [-0.05, 0) is 38.1 Å². The Labute approximate surface area is 74.7 Å². The standard InChI is InChI=1S/C10H19NO/c1-2-3-4-7-11-8-10(12)9-5-6-9/h2,9-12H,1,3-8H2. The van der Waals surface area contributed by atoms with Gasteiger partial charge in [-0.3, -0.25) is 0 Å². The van der Waals surface area contributed by atoms with Crippen LogP contribution < -0.4 is 5.32 Å². The maximum atomic E-state index is 9.46. The minimum absolute atomic E-state index is 0.103. The summed E-state index contributed by atoms with van der Waals surface area (Å²) in [6.45, 7) is 5.42. The van der Waals surface area contributed by atoms with Gasteiger partial charge in [0.1, 0.15) is 0 Å². The molecule has 0 amide bonds. The van der Waals surface area contributed by atoms with Crippen molar-refractivity contribution in [3.05, 3.63) is 12.7 Å². The minimum atomic E-state index is -0.103. The van der Waals surface area contributed by atoms with Crippen molar-refractivity contribution in [3.63, 3.8) is 0 Å². The molecule has 0 heterocycles. The Kier molecular flexibility index (Phi) is 4.33. The van der Waals surface area contributed by atoms with Crippen molar-refractivity contribution in [2.75, 3.05) is 13.1 Å². The number of aliphatic hydroxyl groups excluding tert-OH is 1. The summed E-state index contributed by atoms with van der Waals surface area (Å²) in [6.07, 6.45) is 6.45. The molecule has 12 heavy (non-hydrogen) atoms. The van der Waals surface area contributed by atoms with Crippen LogP contribution in [0.4, 0.5) is 0 Å². The lowest BCUT2D eigenvalue weighted by atomic mass is 10.2. The Bertz CT molecular complexity index is 132. The summed E-state index contributed by atoms with van der Waals surface area (Å²) < 4.78 is 0. The minimum Gasteiger partial charge on any atom is -0.392 e. The fraction of sp³-hybridized carbons (Fsp3) is 0.800. The quantitative estimate of drug-likeness (QED) is 0.445. The zero-order chi connectivity index (χ0) is 8.81. The van der Waals surface area contributed by atoms with Gasteiger partial charge in [-0.25, -0.2) is 0 Å². The van der Waals surface area contributed by atoms with Crippen LogP contribution in [0, 0.1) is 5.92 Å². The van der Waals surface area contributed by atoms with E-state index in [2.05, 4.69) is 11.9 Å². The second-order valence-electron chi connectivity index (χ2n) is 3.54. The highest BCUT2D eigenvalue weighted by atomic mass is 16.3. The lowest BCUT2D eigenvalue weighted by Gasteiger charge is -2.09. The highest BCUT2D eigenvalue weighted by molar-refractivity contribution is 4.82. The van der Waals surface area contributed by atoms with Gasteiger partial charge < -0.3 is 10.4 Å². The van der Waals surface area contributed by atoms with E-state index in [0.29, 0.717) is 5.92 Å². The zero-order valence-electron chi connectivity index (χ0n) is 7.63. The third-order valence-corrected chi connectivity index (χ3v) is 2.28. The van der Waals surface area contributed by atoms with E-state index in [1.807, 2.05) is 6.08 Å². The van der Waals surface area contributed by atoms with E-state index < -0.39 is 0 Å². The first kappa shape index (κ1) is 9.75. The van der Waals surface area contributed by atoms with Crippen LogP contribution in [0.25, 0.3) is 0 Å². The molecule has 0 radical (unpaired) electrons. The summed E-state index contributed by atoms with van der Waals surface area (Å²) in [5.74, 6) is 0.594. The normalized spacial score (nSPS) is 19.1. The van der Waals surface area contributed by atoms with Crippen molar-refractivity contribution in [2.45, 2.75) is 31.8 Å². The topological polar surface area (TPSA) is 32.3 Å². The van der Waals surface area contributed by atoms with Gasteiger partial charge in [0.15, 0.2) is 0 Å². The van der Waals surface area contributed by atoms with Crippen LogP contribution in [0.3, 0.4) is 0 Å². The van der Waals surface area contributed by atoms with Gasteiger partial charge in [-0.15, -0.1) is 6.58 Å². The number of aliphatic hydroxyl groups is 1. The van der Waals surface area contributed by atoms with Crippen molar-refractivity contribution < 1.29 is 5.11 Å². The lowest BCUT2D eigenvalue weighted by molar-refractivity contribution is 0.149. The second kappa shape index (κ2) is 5.33. The maximum Gasteiger partial charge on any atom is 0.0692 e. The summed E-state index contributed by atoms with van der Waals surface area (Å²) >= 11 is 0. The van der Waals surface area contributed by atoms with Crippen molar-refractivity contribution in [1.29, 1.82) is 0 Å². The van der Waals surface area contributed by atoms with Crippen LogP contribution in [-0.4, -0.2) is 24.3 Å². The van der Waals surface area contributed by atoms with Crippen LogP contribution in [0.15, 0.2) is 12.7 Å². The molecule has 0 aromatic carbocycles. The second-order valence-corrected chi connectivity index (χ2v) is 3.54. The molecule has 1 atom stereocenters. The van der Waals surface area contributed by atoms with Crippen molar-refractivity contribution in [2.24, 2.45) is 5.92 Å². The first-order chi connectivity index (χ1) is 5.84. The summed E-state index contributed by atoms with van der Waals surface area (Å²) in [5, 5.41) is 12.7. The average molecular weight is 169 g/mol. The highest BCUT2D eigenvalue weighted by Crippen LogP contribution is 2.32. The van der Waals surface area contributed by atoms with Gasteiger partial charge in [-0.1, -0.05) is 6.08 Å². The SMILES string of the molecule is C=CCCCNCC(O)C1CC1. The van der Waals surface area contributed by atoms with Crippen LogP contribution in [0.2, 0.25) is 0 Å². The van der Waals surface area contributed by atoms with Crippen LogP contribution in [0.1, 0.15) is 25.7 Å². The van der Waals surface area contributed by atoms with Crippen molar-refractivity contribution in [1.82, 2.24) is 5.32 Å². The molecule has 0 aliphatic heterocycles. The smallest absolute Gasteiger partial charge is 0.0692 e. The van der Waals surface area contributed by atoms with Crippen LogP contribution in [0.5, 0.6) is 0 Å². The number of allylic oxidation sites excluding steroid dienone is 1. The Morgan fingerprint density at radius 3 is 2.92 bits per heavy atom. The van der Waals surface area contributed by atoms with E-state index >= 15 is 0 Å². The number of rotatable bonds is 7. The first-order valence-corrected chi connectivity index (χ1v) is 4.84. The predicted octanol–water partition coefficient (Wildman–Crippen LogP) is 1.31. The molecule has 0 saturated heterocycles. The molecule has 2 heteroatoms. The fourth-order valence-electron chi connectivity index (χ4n) is 1.27. The van der Waals surface area contributed by atoms with E-state index in [9.17, 15) is 5.11 Å². The molecular formula is C10H19NO. The van der Waals surface area contributed by atoms with Gasteiger partial charge >= 0.3 is 0 Å². The molecule has 1 aliphatic carbocycles. The molecule has 1 fully saturated rings. The molecule has 1 saturated carbocycles. The van der Waals surface area contributed by atoms with Gasteiger partial charge in [-0.2, -0.15) is 0 Å². The van der Waals surface area contributed by atoms with Crippen molar-refractivity contribution in [3.8, 4) is 0 Å². The van der Waals surface area contributed by atoms with Gasteiger partial charge in [0, 0.05) is 6.54 Å². The largest absolute Gasteiger partial charge is 0.392 e. The van der Waals surface area contributed by atoms with E-state index in [1.54, 1.807) is 0 Å². The molecule has 70 valence electrons. The predicted molar refractivity (Wildman–Crippen MR) is 51.0 cm³/mol. The zero-order valence-corrected chi connectivity index (χ0v) is 7.63. The molecule has 2 nitrogen and oxygen atoms in total. The maximum absolute atomic E-state index is 9.46. The highest BCUT2D eigenvalue weighted by Gasteiger charge is 2.28. The van der Waals surface area contributed by atoms with E-state index in [4.69, 9.17) is 0 Å². The summed E-state index contributed by atoms with van der Waals surface area (Å²) in [7, 11) is 0. The molecule has 0 aromatic rings. The summed E-state index contributed by atoms with van der Waals surface area (Å²) in [6, 6.07) is 0. The molecule has 0 spiro atoms. The fourth-order valence-corrected chi connectivity index (χ4v) is 1.27. The average Bonchev–Trinajstić information content (AvgIpc) is 2.86. The molecule has 1 aliphatic rings. The third kappa shape index (κ3) is 3.88. The van der Waals surface area contributed by atoms with Crippen LogP contribution in [-0.2, 0) is 0 Å². The van der Waals surface area contributed by atoms with Gasteiger partial charge in [0.2, 0.25) is 0 Å². The number of hydrogen-bond donors (Lipinski definition) is 2. The van der Waals surface area contributed by atoms with E-state index in [0.717, 1.165) is 25.9 Å². The monoisotopic (exact) mass is 169 g/mol. The Balaban J connectivity index is 1.84. The molecule has 0 bridgehead atoms. The number of nitrogens with one attached hydrogen (secondary N) is 1. The molecule has 1 rings (SSSR count). The summed E-state index contributed by atoms with van der Waals surface area (Å²) in [5.41, 5.74) is 0. The molecule has 0 aromatic heterocycles. The molecule has 2 N–H and O–H groups in total. The Morgan fingerprint density at radius 2 is 2.33 bits per heavy atom. The Morgan fingerprint density at radius 1 is 1.58 bits per heavy atom. The molecule has 1 unspecified atom stereocenters. The van der Waals surface area contributed by atoms with Gasteiger partial charge in [0.05, 0.1) is 6.10 Å². The van der Waals surface area contributed by atoms with Crippen molar-refractivity contribution >= 4 is 0 Å². The molecular weight excluding hydrogens is 150 g/mol. The lowest BCUT2D eigenvalue weighted by Crippen LogP contribution is -2.28. The number of hydrogen-bond acceptors (Lipinski definition) is 2.